The molecule has 2 heterocycles. The first-order chi connectivity index (χ1) is 17.6. The number of hydrogen-bond acceptors (Lipinski definition) is 4. The average molecular weight is 521 g/mol. The van der Waals surface area contributed by atoms with E-state index in [4.69, 9.17) is 0 Å². The van der Waals surface area contributed by atoms with Crippen LogP contribution in [0.5, 0.6) is 5.75 Å². The first-order valence-electron chi connectivity index (χ1n) is 11.8. The highest BCUT2D eigenvalue weighted by Gasteiger charge is 2.56. The maximum atomic E-state index is 14.1. The molecule has 2 fully saturated rings. The van der Waals surface area contributed by atoms with Gasteiger partial charge in [0.1, 0.15) is 11.4 Å². The van der Waals surface area contributed by atoms with Crippen LogP contribution in [0.2, 0.25) is 0 Å². The van der Waals surface area contributed by atoms with E-state index in [2.05, 4.69) is 14.6 Å². The minimum absolute atomic E-state index is 0.0959. The van der Waals surface area contributed by atoms with Crippen molar-refractivity contribution in [1.29, 1.82) is 0 Å². The molecule has 0 N–H and O–H groups in total. The highest BCUT2D eigenvalue weighted by molar-refractivity contribution is 5.92. The number of likely N-dealkylation sites (tertiary alicyclic amines) is 1. The Labute approximate surface area is 210 Å². The summed E-state index contributed by atoms with van der Waals surface area (Å²) in [6.45, 7) is 2.22. The van der Waals surface area contributed by atoms with E-state index in [-0.39, 0.29) is 29.8 Å². The Morgan fingerprint density at radius 1 is 1.14 bits per heavy atom. The van der Waals surface area contributed by atoms with Crippen molar-refractivity contribution < 1.29 is 31.5 Å². The van der Waals surface area contributed by atoms with E-state index >= 15 is 0 Å². The van der Waals surface area contributed by atoms with Gasteiger partial charge in [-0.3, -0.25) is 9.69 Å². The lowest BCUT2D eigenvalue weighted by atomic mass is 10.1. The SMILES string of the molecule is Cn1cnc(C(=O)N(Cc2cccc(OC(F)(F)F)c2)CC2C3CN(Cc4cccc(F)c4F)CC32)c1. The fourth-order valence-electron chi connectivity index (χ4n) is 5.27. The van der Waals surface area contributed by atoms with Gasteiger partial charge in [-0.05, 0) is 41.5 Å². The number of alkyl halides is 3. The number of halogens is 5. The standard InChI is InChI=1S/C26H25F5N4O2/c1-33-14-23(32-15-33)25(36)35(9-16-4-2-6-18(8-16)37-26(29,30)31)13-21-19-11-34(12-20(19)21)10-17-5-3-7-22(27)24(17)28/h2-8,14-15,19-21H,9-13H2,1H3. The molecule has 2 aromatic carbocycles. The Morgan fingerprint density at radius 3 is 2.54 bits per heavy atom. The molecule has 2 aliphatic rings. The van der Waals surface area contributed by atoms with Gasteiger partial charge in [-0.1, -0.05) is 24.3 Å². The first-order valence-corrected chi connectivity index (χ1v) is 11.8. The van der Waals surface area contributed by atoms with Gasteiger partial charge in [-0.15, -0.1) is 13.2 Å². The molecule has 1 amide bonds. The normalized spacial score (nSPS) is 21.1. The lowest BCUT2D eigenvalue weighted by Gasteiger charge is -2.25. The Kier molecular flexibility index (Phi) is 6.65. The molecule has 196 valence electrons. The number of hydrogen-bond donors (Lipinski definition) is 0. The fourth-order valence-corrected chi connectivity index (χ4v) is 5.27. The fraction of sp³-hybridized carbons (Fsp3) is 0.385. The Bertz CT molecular complexity index is 1280. The van der Waals surface area contributed by atoms with Crippen LogP contribution in [0, 0.1) is 29.4 Å². The van der Waals surface area contributed by atoms with E-state index in [1.54, 1.807) is 34.8 Å². The predicted molar refractivity (Wildman–Crippen MR) is 123 cm³/mol. The number of ether oxygens (including phenoxy) is 1. The molecule has 37 heavy (non-hydrogen) atoms. The molecular formula is C26H25F5N4O2. The summed E-state index contributed by atoms with van der Waals surface area (Å²) in [5.74, 6) is -1.55. The summed E-state index contributed by atoms with van der Waals surface area (Å²) in [4.78, 5) is 21.1. The molecule has 1 aromatic heterocycles. The third-order valence-corrected chi connectivity index (χ3v) is 7.02. The number of nitrogens with zero attached hydrogens (tertiary/aromatic N) is 4. The number of aryl methyl sites for hydroxylation is 1. The summed E-state index contributed by atoms with van der Waals surface area (Å²) in [7, 11) is 1.74. The van der Waals surface area contributed by atoms with Crippen molar-refractivity contribution in [1.82, 2.24) is 19.4 Å². The lowest BCUT2D eigenvalue weighted by molar-refractivity contribution is -0.274. The summed E-state index contributed by atoms with van der Waals surface area (Å²) < 4.78 is 71.3. The summed E-state index contributed by atoms with van der Waals surface area (Å²) in [5.41, 5.74) is 1.06. The van der Waals surface area contributed by atoms with Crippen LogP contribution in [0.1, 0.15) is 21.6 Å². The van der Waals surface area contributed by atoms with Gasteiger partial charge in [0, 0.05) is 51.5 Å². The van der Waals surface area contributed by atoms with Crippen LogP contribution in [0.3, 0.4) is 0 Å². The van der Waals surface area contributed by atoms with E-state index in [0.717, 1.165) is 6.07 Å². The summed E-state index contributed by atoms with van der Waals surface area (Å²) in [6, 6.07) is 9.74. The molecule has 1 saturated carbocycles. The molecular weight excluding hydrogens is 495 g/mol. The van der Waals surface area contributed by atoms with Crippen LogP contribution < -0.4 is 4.74 Å². The third-order valence-electron chi connectivity index (χ3n) is 7.02. The zero-order valence-electron chi connectivity index (χ0n) is 20.0. The Hall–Kier alpha value is -3.47. The number of piperidine rings is 1. The minimum Gasteiger partial charge on any atom is -0.406 e. The topological polar surface area (TPSA) is 50.6 Å². The minimum atomic E-state index is -4.81. The molecule has 5 rings (SSSR count). The monoisotopic (exact) mass is 520 g/mol. The lowest BCUT2D eigenvalue weighted by Crippen LogP contribution is -2.35. The van der Waals surface area contributed by atoms with Crippen molar-refractivity contribution in [2.24, 2.45) is 24.8 Å². The zero-order chi connectivity index (χ0) is 26.3. The maximum absolute atomic E-state index is 14.1. The summed E-state index contributed by atoms with van der Waals surface area (Å²) in [6.07, 6.45) is -1.70. The zero-order valence-corrected chi connectivity index (χ0v) is 20.0. The van der Waals surface area contributed by atoms with Gasteiger partial charge in [0.25, 0.3) is 5.91 Å². The Morgan fingerprint density at radius 2 is 1.86 bits per heavy atom. The average Bonchev–Trinajstić information content (AvgIpc) is 3.15. The predicted octanol–water partition coefficient (Wildman–Crippen LogP) is 4.62. The van der Waals surface area contributed by atoms with Crippen molar-refractivity contribution >= 4 is 5.91 Å². The highest BCUT2D eigenvalue weighted by Crippen LogP contribution is 2.52. The number of carbonyl (C=O) groups excluding carboxylic acids is 1. The van der Waals surface area contributed by atoms with Crippen molar-refractivity contribution in [3.8, 4) is 5.75 Å². The molecule has 1 saturated heterocycles. The van der Waals surface area contributed by atoms with Crippen LogP contribution in [0.25, 0.3) is 0 Å². The van der Waals surface area contributed by atoms with Crippen LogP contribution in [0.4, 0.5) is 22.0 Å². The van der Waals surface area contributed by atoms with E-state index < -0.39 is 18.0 Å². The van der Waals surface area contributed by atoms with Gasteiger partial charge in [-0.25, -0.2) is 13.8 Å². The number of benzene rings is 2. The van der Waals surface area contributed by atoms with Crippen molar-refractivity contribution in [2.45, 2.75) is 19.5 Å². The number of carbonyl (C=O) groups is 1. The van der Waals surface area contributed by atoms with Crippen LogP contribution >= 0.6 is 0 Å². The van der Waals surface area contributed by atoms with Crippen LogP contribution in [-0.4, -0.2) is 51.3 Å². The Balaban J connectivity index is 1.26. The first kappa shape index (κ1) is 25.2. The maximum Gasteiger partial charge on any atom is 0.573 e. The second-order valence-corrected chi connectivity index (χ2v) is 9.70. The molecule has 3 aromatic rings. The highest BCUT2D eigenvalue weighted by atomic mass is 19.4. The quantitative estimate of drug-likeness (QED) is 0.407. The molecule has 1 aliphatic heterocycles. The van der Waals surface area contributed by atoms with Crippen molar-refractivity contribution in [2.75, 3.05) is 19.6 Å². The number of amides is 1. The van der Waals surface area contributed by atoms with Gasteiger partial charge >= 0.3 is 6.36 Å². The molecule has 2 unspecified atom stereocenters. The largest absolute Gasteiger partial charge is 0.573 e. The molecule has 1 aliphatic carbocycles. The summed E-state index contributed by atoms with van der Waals surface area (Å²) >= 11 is 0. The second kappa shape index (κ2) is 9.77. The molecule has 11 heteroatoms. The van der Waals surface area contributed by atoms with Crippen LogP contribution in [-0.2, 0) is 20.1 Å². The molecule has 2 atom stereocenters. The van der Waals surface area contributed by atoms with Gasteiger partial charge in [0.05, 0.1) is 6.33 Å². The van der Waals surface area contributed by atoms with Crippen molar-refractivity contribution in [3.63, 3.8) is 0 Å². The number of imidazole rings is 1. The van der Waals surface area contributed by atoms with Gasteiger partial charge in [0.2, 0.25) is 0 Å². The third kappa shape index (κ3) is 5.76. The number of fused-ring (bicyclic) bond motifs is 1. The van der Waals surface area contributed by atoms with E-state index in [9.17, 15) is 26.7 Å². The molecule has 6 nitrogen and oxygen atoms in total. The number of aromatic nitrogens is 2. The molecule has 0 spiro atoms. The number of rotatable bonds is 8. The van der Waals surface area contributed by atoms with Gasteiger partial charge in [0.15, 0.2) is 11.6 Å². The van der Waals surface area contributed by atoms with E-state index in [1.807, 2.05) is 0 Å². The van der Waals surface area contributed by atoms with E-state index in [1.165, 1.54) is 30.6 Å². The smallest absolute Gasteiger partial charge is 0.406 e. The van der Waals surface area contributed by atoms with Gasteiger partial charge < -0.3 is 14.2 Å². The summed E-state index contributed by atoms with van der Waals surface area (Å²) in [5, 5.41) is 0. The van der Waals surface area contributed by atoms with Gasteiger partial charge in [-0.2, -0.15) is 0 Å². The second-order valence-electron chi connectivity index (χ2n) is 9.70. The molecule has 0 radical (unpaired) electrons. The van der Waals surface area contributed by atoms with Crippen molar-refractivity contribution in [3.05, 3.63) is 83.4 Å². The molecule has 0 bridgehead atoms. The van der Waals surface area contributed by atoms with Crippen LogP contribution in [0.15, 0.2) is 55.0 Å². The van der Waals surface area contributed by atoms with E-state index in [0.29, 0.717) is 49.1 Å².